The van der Waals surface area contributed by atoms with E-state index in [0.29, 0.717) is 13.1 Å². The van der Waals surface area contributed by atoms with Crippen LogP contribution in [0.1, 0.15) is 39.3 Å². The van der Waals surface area contributed by atoms with Gasteiger partial charge in [0.1, 0.15) is 5.60 Å². The number of pyridine rings is 1. The molecule has 0 spiro atoms. The molecule has 0 atom stereocenters. The van der Waals surface area contributed by atoms with Crippen molar-refractivity contribution in [3.8, 4) is 0 Å². The molecule has 1 fully saturated rings. The number of alkyl carbamates (subject to hydrolysis) is 1. The van der Waals surface area contributed by atoms with Gasteiger partial charge in [0.25, 0.3) is 0 Å². The highest BCUT2D eigenvalue weighted by atomic mass is 79.9. The molecule has 24 heavy (non-hydrogen) atoms. The lowest BCUT2D eigenvalue weighted by Crippen LogP contribution is -2.40. The number of aromatic nitrogens is 1. The van der Waals surface area contributed by atoms with Crippen molar-refractivity contribution >= 4 is 34.1 Å². The smallest absolute Gasteiger partial charge is 0.407 e. The maximum absolute atomic E-state index is 11.8. The molecular formula is C17H24BrN3O3. The molecule has 1 saturated carbocycles. The summed E-state index contributed by atoms with van der Waals surface area (Å²) >= 11 is 3.44. The maximum Gasteiger partial charge on any atom is 0.407 e. The Morgan fingerprint density at radius 1 is 1.50 bits per heavy atom. The summed E-state index contributed by atoms with van der Waals surface area (Å²) < 4.78 is 6.12. The molecule has 7 heteroatoms. The highest BCUT2D eigenvalue weighted by Gasteiger charge is 2.44. The number of amides is 2. The third-order valence-electron chi connectivity index (χ3n) is 3.94. The number of hydrogen-bond donors (Lipinski definition) is 1. The number of rotatable bonds is 6. The third kappa shape index (κ3) is 5.19. The fourth-order valence-corrected chi connectivity index (χ4v) is 2.68. The molecule has 1 aromatic rings. The Morgan fingerprint density at radius 3 is 2.67 bits per heavy atom. The molecule has 1 aliphatic carbocycles. The summed E-state index contributed by atoms with van der Waals surface area (Å²) in [5.74, 6) is 0. The highest BCUT2D eigenvalue weighted by molar-refractivity contribution is 9.10. The lowest BCUT2D eigenvalue weighted by molar-refractivity contribution is -0.107. The van der Waals surface area contributed by atoms with E-state index in [-0.39, 0.29) is 5.41 Å². The Labute approximate surface area is 151 Å². The molecule has 1 aliphatic rings. The van der Waals surface area contributed by atoms with Crippen molar-refractivity contribution < 1.29 is 14.3 Å². The summed E-state index contributed by atoms with van der Waals surface area (Å²) in [6.45, 7) is 8.42. The first kappa shape index (κ1) is 18.7. The van der Waals surface area contributed by atoms with E-state index < -0.39 is 11.7 Å². The Kier molecular flexibility index (Phi) is 5.52. The van der Waals surface area contributed by atoms with E-state index in [9.17, 15) is 9.59 Å². The largest absolute Gasteiger partial charge is 0.444 e. The summed E-state index contributed by atoms with van der Waals surface area (Å²) in [6.07, 6.45) is 4.01. The summed E-state index contributed by atoms with van der Waals surface area (Å²) in [6, 6.07) is 1.88. The Hall–Kier alpha value is -1.63. The normalized spacial score (nSPS) is 15.5. The SMILES string of the molecule is Cc1ncc(N(C=O)CC2(CNC(=O)OC(C)(C)C)CC2)cc1Br. The average molecular weight is 398 g/mol. The van der Waals surface area contributed by atoms with Gasteiger partial charge in [0.05, 0.1) is 17.6 Å². The molecule has 132 valence electrons. The van der Waals surface area contributed by atoms with E-state index in [2.05, 4.69) is 26.2 Å². The topological polar surface area (TPSA) is 71.5 Å². The van der Waals surface area contributed by atoms with Gasteiger partial charge < -0.3 is 15.0 Å². The second-order valence-corrected chi connectivity index (χ2v) is 8.20. The predicted octanol–water partition coefficient (Wildman–Crippen LogP) is 3.42. The summed E-state index contributed by atoms with van der Waals surface area (Å²) in [5.41, 5.74) is 1.01. The number of nitrogens with one attached hydrogen (secondary N) is 1. The van der Waals surface area contributed by atoms with Crippen LogP contribution in [-0.4, -0.2) is 36.2 Å². The van der Waals surface area contributed by atoms with Crippen molar-refractivity contribution in [1.29, 1.82) is 0 Å². The van der Waals surface area contributed by atoms with Crippen molar-refractivity contribution in [3.63, 3.8) is 0 Å². The van der Waals surface area contributed by atoms with Gasteiger partial charge in [0.15, 0.2) is 0 Å². The van der Waals surface area contributed by atoms with E-state index in [1.54, 1.807) is 11.1 Å². The Balaban J connectivity index is 1.96. The highest BCUT2D eigenvalue weighted by Crippen LogP contribution is 2.46. The van der Waals surface area contributed by atoms with Gasteiger partial charge in [0, 0.05) is 23.0 Å². The van der Waals surface area contributed by atoms with Crippen LogP contribution < -0.4 is 10.2 Å². The Bertz CT molecular complexity index is 624. The number of hydrogen-bond acceptors (Lipinski definition) is 4. The first-order valence-corrected chi connectivity index (χ1v) is 8.74. The van der Waals surface area contributed by atoms with Gasteiger partial charge in [-0.25, -0.2) is 4.79 Å². The van der Waals surface area contributed by atoms with Crippen LogP contribution >= 0.6 is 15.9 Å². The van der Waals surface area contributed by atoms with Crippen LogP contribution in [0.2, 0.25) is 0 Å². The molecular weight excluding hydrogens is 374 g/mol. The zero-order valence-electron chi connectivity index (χ0n) is 14.6. The molecule has 0 unspecified atom stereocenters. The van der Waals surface area contributed by atoms with Gasteiger partial charge in [0.2, 0.25) is 6.41 Å². The summed E-state index contributed by atoms with van der Waals surface area (Å²) in [5, 5.41) is 2.81. The van der Waals surface area contributed by atoms with Crippen LogP contribution in [-0.2, 0) is 9.53 Å². The second-order valence-electron chi connectivity index (χ2n) is 7.35. The summed E-state index contributed by atoms with van der Waals surface area (Å²) in [4.78, 5) is 29.2. The lowest BCUT2D eigenvalue weighted by atomic mass is 10.1. The molecule has 2 amide bonds. The van der Waals surface area contributed by atoms with Crippen LogP contribution in [0, 0.1) is 12.3 Å². The van der Waals surface area contributed by atoms with Crippen molar-refractivity contribution in [2.24, 2.45) is 5.41 Å². The number of halogens is 1. The fourth-order valence-electron chi connectivity index (χ4n) is 2.35. The standard InChI is InChI=1S/C17H24BrN3O3/c1-12-14(18)7-13(8-19-12)21(11-22)10-17(5-6-17)9-20-15(23)24-16(2,3)4/h7-8,11H,5-6,9-10H2,1-4H3,(H,20,23). The van der Waals surface area contributed by atoms with E-state index >= 15 is 0 Å². The second kappa shape index (κ2) is 7.09. The molecule has 1 N–H and O–H groups in total. The van der Waals surface area contributed by atoms with E-state index in [4.69, 9.17) is 4.74 Å². The lowest BCUT2D eigenvalue weighted by Gasteiger charge is -2.25. The van der Waals surface area contributed by atoms with E-state index in [1.807, 2.05) is 33.8 Å². The van der Waals surface area contributed by atoms with Crippen molar-refractivity contribution in [3.05, 3.63) is 22.4 Å². The third-order valence-corrected chi connectivity index (χ3v) is 4.74. The summed E-state index contributed by atoms with van der Waals surface area (Å²) in [7, 11) is 0. The molecule has 6 nitrogen and oxygen atoms in total. The zero-order valence-corrected chi connectivity index (χ0v) is 16.1. The maximum atomic E-state index is 11.8. The molecule has 1 heterocycles. The van der Waals surface area contributed by atoms with Crippen LogP contribution in [0.3, 0.4) is 0 Å². The van der Waals surface area contributed by atoms with Gasteiger partial charge in [-0.15, -0.1) is 0 Å². The minimum atomic E-state index is -0.518. The zero-order chi connectivity index (χ0) is 18.0. The number of anilines is 1. The molecule has 0 aliphatic heterocycles. The number of nitrogens with zero attached hydrogens (tertiary/aromatic N) is 2. The van der Waals surface area contributed by atoms with Gasteiger partial charge >= 0.3 is 6.09 Å². The van der Waals surface area contributed by atoms with E-state index in [1.165, 1.54) is 0 Å². The van der Waals surface area contributed by atoms with Gasteiger partial charge in [-0.05, 0) is 62.5 Å². The van der Waals surface area contributed by atoms with E-state index in [0.717, 1.165) is 35.1 Å². The van der Waals surface area contributed by atoms with Crippen LogP contribution in [0.25, 0.3) is 0 Å². The molecule has 0 aromatic carbocycles. The molecule has 1 aromatic heterocycles. The van der Waals surface area contributed by atoms with Crippen molar-refractivity contribution in [2.75, 3.05) is 18.0 Å². The van der Waals surface area contributed by atoms with Gasteiger partial charge in [-0.1, -0.05) is 0 Å². The minimum absolute atomic E-state index is 0.0881. The van der Waals surface area contributed by atoms with Crippen LogP contribution in [0.15, 0.2) is 16.7 Å². The first-order chi connectivity index (χ1) is 11.1. The molecule has 0 saturated heterocycles. The fraction of sp³-hybridized carbons (Fsp3) is 0.588. The average Bonchev–Trinajstić information content (AvgIpc) is 3.24. The van der Waals surface area contributed by atoms with Gasteiger partial charge in [-0.2, -0.15) is 0 Å². The van der Waals surface area contributed by atoms with Crippen LogP contribution in [0.4, 0.5) is 10.5 Å². The minimum Gasteiger partial charge on any atom is -0.444 e. The number of carbonyl (C=O) groups excluding carboxylic acids is 2. The molecule has 0 radical (unpaired) electrons. The van der Waals surface area contributed by atoms with Gasteiger partial charge in [-0.3, -0.25) is 9.78 Å². The van der Waals surface area contributed by atoms with Crippen molar-refractivity contribution in [2.45, 2.75) is 46.1 Å². The van der Waals surface area contributed by atoms with Crippen LogP contribution in [0.5, 0.6) is 0 Å². The monoisotopic (exact) mass is 397 g/mol. The Morgan fingerprint density at radius 2 is 2.17 bits per heavy atom. The predicted molar refractivity (Wildman–Crippen MR) is 96.0 cm³/mol. The molecule has 2 rings (SSSR count). The number of carbonyl (C=O) groups is 2. The number of ether oxygens (including phenoxy) is 1. The quantitative estimate of drug-likeness (QED) is 0.746. The first-order valence-electron chi connectivity index (χ1n) is 7.95. The number of aryl methyl sites for hydroxylation is 1. The molecule has 0 bridgehead atoms. The van der Waals surface area contributed by atoms with Crippen molar-refractivity contribution in [1.82, 2.24) is 10.3 Å².